The molecule has 150 valence electrons. The van der Waals surface area contributed by atoms with Gasteiger partial charge in [-0.05, 0) is 53.6 Å². The van der Waals surface area contributed by atoms with Crippen LogP contribution in [0.4, 0.5) is 5.69 Å². The summed E-state index contributed by atoms with van der Waals surface area (Å²) in [5.74, 6) is -0.693. The van der Waals surface area contributed by atoms with Gasteiger partial charge in [-0.1, -0.05) is 42.5 Å². The number of nitrogens with one attached hydrogen (secondary N) is 1. The standard InChI is InChI=1S/C24H20N2O4/c1-16(23(27)26-21-10-9-18-5-3-4-6-19(18)14-21)30-24(28)20(15-25)13-17-7-11-22(29-2)12-8-17/h3-14,16H,1-2H3,(H,26,27)/b20-13+/t16-/m0/s1. The van der Waals surface area contributed by atoms with Crippen LogP contribution < -0.4 is 10.1 Å². The van der Waals surface area contributed by atoms with E-state index in [1.165, 1.54) is 13.0 Å². The molecule has 0 aliphatic carbocycles. The Morgan fingerprint density at radius 3 is 2.40 bits per heavy atom. The van der Waals surface area contributed by atoms with Crippen LogP contribution in [0.1, 0.15) is 12.5 Å². The van der Waals surface area contributed by atoms with Gasteiger partial charge in [-0.15, -0.1) is 0 Å². The fourth-order valence-electron chi connectivity index (χ4n) is 2.79. The van der Waals surface area contributed by atoms with Crippen LogP contribution in [0, 0.1) is 11.3 Å². The average molecular weight is 400 g/mol. The van der Waals surface area contributed by atoms with Crippen molar-refractivity contribution in [3.05, 3.63) is 77.9 Å². The Bertz CT molecular complexity index is 1140. The topological polar surface area (TPSA) is 88.4 Å². The van der Waals surface area contributed by atoms with Gasteiger partial charge in [0.05, 0.1) is 7.11 Å². The van der Waals surface area contributed by atoms with Crippen LogP contribution in [0.2, 0.25) is 0 Å². The number of anilines is 1. The quantitative estimate of drug-likeness (QED) is 0.378. The number of rotatable bonds is 6. The number of nitriles is 1. The second-order valence-electron chi connectivity index (χ2n) is 6.54. The number of carbonyl (C=O) groups is 2. The Kier molecular flexibility index (Phi) is 6.46. The van der Waals surface area contributed by atoms with Gasteiger partial charge in [0.2, 0.25) is 0 Å². The summed E-state index contributed by atoms with van der Waals surface area (Å²) in [6.45, 7) is 1.46. The normalized spacial score (nSPS) is 12.0. The van der Waals surface area contributed by atoms with Gasteiger partial charge in [0.15, 0.2) is 6.10 Å². The molecule has 6 nitrogen and oxygen atoms in total. The number of hydrogen-bond acceptors (Lipinski definition) is 5. The van der Waals surface area contributed by atoms with Crippen LogP contribution in [0.25, 0.3) is 16.8 Å². The molecule has 0 fully saturated rings. The maximum absolute atomic E-state index is 12.4. The first kappa shape index (κ1) is 20.6. The molecule has 0 saturated heterocycles. The van der Waals surface area contributed by atoms with Crippen LogP contribution in [0.15, 0.2) is 72.3 Å². The summed E-state index contributed by atoms with van der Waals surface area (Å²) in [7, 11) is 1.55. The number of amides is 1. The highest BCUT2D eigenvalue weighted by Crippen LogP contribution is 2.19. The Balaban J connectivity index is 1.65. The minimum Gasteiger partial charge on any atom is -0.497 e. The van der Waals surface area contributed by atoms with Crippen molar-refractivity contribution in [2.75, 3.05) is 12.4 Å². The number of nitrogens with zero attached hydrogens (tertiary/aromatic N) is 1. The van der Waals surface area contributed by atoms with Crippen LogP contribution in [0.5, 0.6) is 5.75 Å². The highest BCUT2D eigenvalue weighted by Gasteiger charge is 2.20. The first-order valence-electron chi connectivity index (χ1n) is 9.26. The summed E-state index contributed by atoms with van der Waals surface area (Å²) in [5, 5.41) is 14.1. The minimum atomic E-state index is -1.07. The largest absolute Gasteiger partial charge is 0.497 e. The highest BCUT2D eigenvalue weighted by molar-refractivity contribution is 6.01. The van der Waals surface area contributed by atoms with Crippen molar-refractivity contribution in [3.8, 4) is 11.8 Å². The third-order valence-corrected chi connectivity index (χ3v) is 4.44. The molecule has 0 heterocycles. The molecule has 3 rings (SSSR count). The molecule has 0 aromatic heterocycles. The Morgan fingerprint density at radius 1 is 1.03 bits per heavy atom. The molecule has 30 heavy (non-hydrogen) atoms. The summed E-state index contributed by atoms with van der Waals surface area (Å²) in [4.78, 5) is 24.7. The van der Waals surface area contributed by atoms with Gasteiger partial charge in [-0.3, -0.25) is 4.79 Å². The monoisotopic (exact) mass is 400 g/mol. The minimum absolute atomic E-state index is 0.203. The summed E-state index contributed by atoms with van der Waals surface area (Å²) < 4.78 is 10.3. The number of esters is 1. The molecule has 0 unspecified atom stereocenters. The molecule has 0 aliphatic rings. The lowest BCUT2D eigenvalue weighted by Crippen LogP contribution is -2.30. The first-order chi connectivity index (χ1) is 14.5. The Labute approximate surface area is 174 Å². The van der Waals surface area contributed by atoms with Crippen molar-refractivity contribution in [2.24, 2.45) is 0 Å². The van der Waals surface area contributed by atoms with Crippen LogP contribution in [-0.4, -0.2) is 25.1 Å². The van der Waals surface area contributed by atoms with Gasteiger partial charge in [0, 0.05) is 5.69 Å². The molecule has 1 N–H and O–H groups in total. The van der Waals surface area contributed by atoms with Crippen LogP contribution in [0.3, 0.4) is 0 Å². The molecular weight excluding hydrogens is 380 g/mol. The zero-order valence-electron chi connectivity index (χ0n) is 16.6. The molecule has 3 aromatic carbocycles. The van der Waals surface area contributed by atoms with Gasteiger partial charge >= 0.3 is 5.97 Å². The summed E-state index contributed by atoms with van der Waals surface area (Å²) in [6, 6.07) is 21.9. The van der Waals surface area contributed by atoms with Crippen LogP contribution in [-0.2, 0) is 14.3 Å². The number of fused-ring (bicyclic) bond motifs is 1. The molecule has 0 spiro atoms. The van der Waals surface area contributed by atoms with E-state index in [0.29, 0.717) is 17.0 Å². The number of benzene rings is 3. The van der Waals surface area contributed by atoms with E-state index in [-0.39, 0.29) is 5.57 Å². The second kappa shape index (κ2) is 9.39. The molecular formula is C24H20N2O4. The third-order valence-electron chi connectivity index (χ3n) is 4.44. The van der Waals surface area contributed by atoms with Crippen molar-refractivity contribution in [2.45, 2.75) is 13.0 Å². The van der Waals surface area contributed by atoms with Gasteiger partial charge in [0.1, 0.15) is 17.4 Å². The number of carbonyl (C=O) groups excluding carboxylic acids is 2. The highest BCUT2D eigenvalue weighted by atomic mass is 16.5. The lowest BCUT2D eigenvalue weighted by molar-refractivity contribution is -0.148. The van der Waals surface area contributed by atoms with E-state index in [2.05, 4.69) is 5.32 Å². The number of hydrogen-bond donors (Lipinski definition) is 1. The average Bonchev–Trinajstić information content (AvgIpc) is 2.77. The van der Waals surface area contributed by atoms with E-state index in [0.717, 1.165) is 10.8 Å². The fraction of sp³-hybridized carbons (Fsp3) is 0.125. The number of ether oxygens (including phenoxy) is 2. The SMILES string of the molecule is COc1ccc(/C=C(\C#N)C(=O)O[C@@H](C)C(=O)Nc2ccc3ccccc3c2)cc1. The van der Waals surface area contributed by atoms with Gasteiger partial charge in [0.25, 0.3) is 5.91 Å². The van der Waals surface area contributed by atoms with E-state index in [1.807, 2.05) is 42.5 Å². The Morgan fingerprint density at radius 2 is 1.73 bits per heavy atom. The molecule has 0 aliphatic heterocycles. The van der Waals surface area contributed by atoms with Crippen molar-refractivity contribution in [1.82, 2.24) is 0 Å². The van der Waals surface area contributed by atoms with Crippen molar-refractivity contribution >= 4 is 34.4 Å². The molecule has 6 heteroatoms. The first-order valence-corrected chi connectivity index (χ1v) is 9.26. The predicted octanol–water partition coefficient (Wildman–Crippen LogP) is 4.33. The Hall–Kier alpha value is -4.11. The summed E-state index contributed by atoms with van der Waals surface area (Å²) in [5.41, 5.74) is 1.03. The third kappa shape index (κ3) is 5.03. The van der Waals surface area contributed by atoms with Crippen molar-refractivity contribution < 1.29 is 19.1 Å². The van der Waals surface area contributed by atoms with E-state index >= 15 is 0 Å². The fourth-order valence-corrected chi connectivity index (χ4v) is 2.79. The van der Waals surface area contributed by atoms with Crippen molar-refractivity contribution in [3.63, 3.8) is 0 Å². The van der Waals surface area contributed by atoms with Crippen molar-refractivity contribution in [1.29, 1.82) is 5.26 Å². The van der Waals surface area contributed by atoms with E-state index in [9.17, 15) is 14.9 Å². The zero-order valence-corrected chi connectivity index (χ0v) is 16.6. The molecule has 0 saturated carbocycles. The molecule has 1 amide bonds. The van der Waals surface area contributed by atoms with Gasteiger partial charge in [-0.25, -0.2) is 4.79 Å². The molecule has 0 bridgehead atoms. The molecule has 1 atom stereocenters. The van der Waals surface area contributed by atoms with E-state index in [1.54, 1.807) is 37.4 Å². The summed E-state index contributed by atoms with van der Waals surface area (Å²) >= 11 is 0. The number of methoxy groups -OCH3 is 1. The second-order valence-corrected chi connectivity index (χ2v) is 6.54. The lowest BCUT2D eigenvalue weighted by atomic mass is 10.1. The lowest BCUT2D eigenvalue weighted by Gasteiger charge is -2.13. The molecule has 3 aromatic rings. The van der Waals surface area contributed by atoms with Crippen LogP contribution >= 0.6 is 0 Å². The van der Waals surface area contributed by atoms with E-state index in [4.69, 9.17) is 9.47 Å². The molecule has 0 radical (unpaired) electrons. The van der Waals surface area contributed by atoms with E-state index < -0.39 is 18.0 Å². The summed E-state index contributed by atoms with van der Waals surface area (Å²) in [6.07, 6.45) is 0.326. The maximum Gasteiger partial charge on any atom is 0.349 e. The zero-order chi connectivity index (χ0) is 21.5. The maximum atomic E-state index is 12.4. The predicted molar refractivity (Wildman–Crippen MR) is 115 cm³/mol. The smallest absolute Gasteiger partial charge is 0.349 e. The van der Waals surface area contributed by atoms with Gasteiger partial charge < -0.3 is 14.8 Å². The van der Waals surface area contributed by atoms with Gasteiger partial charge in [-0.2, -0.15) is 5.26 Å².